The number of oxazole rings is 1. The van der Waals surface area contributed by atoms with Gasteiger partial charge in [0.25, 0.3) is 0 Å². The van der Waals surface area contributed by atoms with Gasteiger partial charge in [-0.3, -0.25) is 4.99 Å². The van der Waals surface area contributed by atoms with Crippen LogP contribution in [0.1, 0.15) is 5.69 Å². The van der Waals surface area contributed by atoms with Crippen LogP contribution in [0.2, 0.25) is 0 Å². The monoisotopic (exact) mass is 472 g/mol. The standard InChI is InChI=1S/C18H24N4O3.HI/c1-19-18(22-8-9-24-16(11-22)13-23-2)20-10-15-12-25-17(21-15)14-6-4-3-5-7-14;/h3-7,12,16H,8-11,13H2,1-2H3,(H,19,20);1H. The van der Waals surface area contributed by atoms with Crippen LogP contribution in [-0.2, 0) is 16.0 Å². The van der Waals surface area contributed by atoms with Crippen LogP contribution in [0.4, 0.5) is 0 Å². The molecule has 142 valence electrons. The lowest BCUT2D eigenvalue weighted by Gasteiger charge is -2.34. The molecule has 0 spiro atoms. The minimum atomic E-state index is 0. The van der Waals surface area contributed by atoms with E-state index < -0.39 is 0 Å². The maximum absolute atomic E-state index is 5.68. The first-order chi connectivity index (χ1) is 12.3. The number of aliphatic imine (C=N–C) groups is 1. The maximum Gasteiger partial charge on any atom is 0.226 e. The molecule has 8 heteroatoms. The highest BCUT2D eigenvalue weighted by atomic mass is 127. The molecule has 0 bridgehead atoms. The third-order valence-corrected chi connectivity index (χ3v) is 4.00. The van der Waals surface area contributed by atoms with Crippen molar-refractivity contribution in [1.82, 2.24) is 15.2 Å². The molecule has 26 heavy (non-hydrogen) atoms. The van der Waals surface area contributed by atoms with Crippen molar-refractivity contribution in [3.63, 3.8) is 0 Å². The molecular formula is C18H25IN4O3. The minimum Gasteiger partial charge on any atom is -0.444 e. The molecular weight excluding hydrogens is 447 g/mol. The number of hydrogen-bond acceptors (Lipinski definition) is 5. The largest absolute Gasteiger partial charge is 0.444 e. The molecule has 0 radical (unpaired) electrons. The van der Waals surface area contributed by atoms with E-state index in [1.54, 1.807) is 20.4 Å². The number of hydrogen-bond donors (Lipinski definition) is 1. The van der Waals surface area contributed by atoms with Crippen molar-refractivity contribution >= 4 is 29.9 Å². The van der Waals surface area contributed by atoms with E-state index in [4.69, 9.17) is 13.9 Å². The first-order valence-corrected chi connectivity index (χ1v) is 8.36. The SMILES string of the molecule is CN=C(NCc1coc(-c2ccccc2)n1)N1CCOC(COC)C1.I. The van der Waals surface area contributed by atoms with Crippen LogP contribution in [0.5, 0.6) is 0 Å². The highest BCUT2D eigenvalue weighted by Crippen LogP contribution is 2.17. The van der Waals surface area contributed by atoms with Crippen LogP contribution in [0.25, 0.3) is 11.5 Å². The number of nitrogens with zero attached hydrogens (tertiary/aromatic N) is 3. The van der Waals surface area contributed by atoms with E-state index in [1.165, 1.54) is 0 Å². The molecule has 1 N–H and O–H groups in total. The second kappa shape index (κ2) is 10.5. The number of ether oxygens (including phenoxy) is 2. The number of rotatable bonds is 5. The average molecular weight is 472 g/mol. The summed E-state index contributed by atoms with van der Waals surface area (Å²) in [6.07, 6.45) is 1.74. The van der Waals surface area contributed by atoms with Crippen molar-refractivity contribution in [2.45, 2.75) is 12.6 Å². The van der Waals surface area contributed by atoms with E-state index in [1.807, 2.05) is 30.3 Å². The lowest BCUT2D eigenvalue weighted by atomic mass is 10.2. The van der Waals surface area contributed by atoms with Gasteiger partial charge < -0.3 is 24.1 Å². The quantitative estimate of drug-likeness (QED) is 0.410. The first-order valence-electron chi connectivity index (χ1n) is 8.36. The number of morpholine rings is 1. The molecule has 1 atom stereocenters. The van der Waals surface area contributed by atoms with Crippen LogP contribution < -0.4 is 5.32 Å². The molecule has 7 nitrogen and oxygen atoms in total. The highest BCUT2D eigenvalue weighted by molar-refractivity contribution is 14.0. The van der Waals surface area contributed by atoms with Crippen molar-refractivity contribution < 1.29 is 13.9 Å². The zero-order chi connectivity index (χ0) is 17.5. The Morgan fingerprint density at radius 1 is 1.38 bits per heavy atom. The first kappa shape index (κ1) is 20.7. The van der Waals surface area contributed by atoms with E-state index in [0.29, 0.717) is 25.6 Å². The molecule has 0 amide bonds. The summed E-state index contributed by atoms with van der Waals surface area (Å²) in [6.45, 7) is 3.35. The van der Waals surface area contributed by atoms with Gasteiger partial charge in [0.2, 0.25) is 5.89 Å². The summed E-state index contributed by atoms with van der Waals surface area (Å²) in [6, 6.07) is 9.86. The van der Waals surface area contributed by atoms with Crippen LogP contribution in [0, 0.1) is 0 Å². The van der Waals surface area contributed by atoms with Gasteiger partial charge in [0, 0.05) is 32.8 Å². The number of benzene rings is 1. The van der Waals surface area contributed by atoms with Crippen LogP contribution in [0.15, 0.2) is 46.0 Å². The smallest absolute Gasteiger partial charge is 0.226 e. The molecule has 3 rings (SSSR count). The molecule has 0 aliphatic carbocycles. The normalized spacial score (nSPS) is 17.7. The van der Waals surface area contributed by atoms with E-state index in [2.05, 4.69) is 20.2 Å². The molecule has 1 aromatic carbocycles. The summed E-state index contributed by atoms with van der Waals surface area (Å²) >= 11 is 0. The Balaban J connectivity index is 0.00000243. The van der Waals surface area contributed by atoms with Gasteiger partial charge in [-0.1, -0.05) is 18.2 Å². The maximum atomic E-state index is 5.68. The molecule has 1 saturated heterocycles. The summed E-state index contributed by atoms with van der Waals surface area (Å²) in [5, 5.41) is 3.34. The summed E-state index contributed by atoms with van der Waals surface area (Å²) in [5.74, 6) is 1.45. The fraction of sp³-hybridized carbons (Fsp3) is 0.444. The Morgan fingerprint density at radius 2 is 2.19 bits per heavy atom. The van der Waals surface area contributed by atoms with Crippen molar-refractivity contribution in [2.75, 3.05) is 40.5 Å². The molecule has 2 aromatic rings. The van der Waals surface area contributed by atoms with Gasteiger partial charge in [0.1, 0.15) is 6.26 Å². The van der Waals surface area contributed by atoms with Gasteiger partial charge in [-0.15, -0.1) is 24.0 Å². The van der Waals surface area contributed by atoms with Crippen molar-refractivity contribution in [2.24, 2.45) is 4.99 Å². The van der Waals surface area contributed by atoms with E-state index >= 15 is 0 Å². The highest BCUT2D eigenvalue weighted by Gasteiger charge is 2.22. The third kappa shape index (κ3) is 5.42. The molecule has 1 fully saturated rings. The second-order valence-electron chi connectivity index (χ2n) is 5.80. The van der Waals surface area contributed by atoms with E-state index in [-0.39, 0.29) is 30.1 Å². The Morgan fingerprint density at radius 3 is 2.92 bits per heavy atom. The topological polar surface area (TPSA) is 72.1 Å². The van der Waals surface area contributed by atoms with Crippen LogP contribution in [-0.4, -0.2) is 62.4 Å². The van der Waals surface area contributed by atoms with Gasteiger partial charge >= 0.3 is 0 Å². The minimum absolute atomic E-state index is 0. The Kier molecular flexibility index (Phi) is 8.33. The molecule has 2 heterocycles. The van der Waals surface area contributed by atoms with E-state index in [9.17, 15) is 0 Å². The van der Waals surface area contributed by atoms with Gasteiger partial charge in [0.15, 0.2) is 5.96 Å². The van der Waals surface area contributed by atoms with E-state index in [0.717, 1.165) is 30.3 Å². The number of guanidine groups is 1. The lowest BCUT2D eigenvalue weighted by molar-refractivity contribution is -0.0447. The molecule has 1 aliphatic heterocycles. The van der Waals surface area contributed by atoms with Crippen LogP contribution in [0.3, 0.4) is 0 Å². The number of halogens is 1. The fourth-order valence-corrected chi connectivity index (χ4v) is 2.80. The molecule has 1 aromatic heterocycles. The number of nitrogens with one attached hydrogen (secondary N) is 1. The number of methoxy groups -OCH3 is 1. The fourth-order valence-electron chi connectivity index (χ4n) is 2.80. The predicted octanol–water partition coefficient (Wildman–Crippen LogP) is 2.38. The average Bonchev–Trinajstić information content (AvgIpc) is 3.13. The van der Waals surface area contributed by atoms with Gasteiger partial charge in [-0.25, -0.2) is 4.98 Å². The predicted molar refractivity (Wildman–Crippen MR) is 111 cm³/mol. The zero-order valence-electron chi connectivity index (χ0n) is 15.1. The molecule has 1 aliphatic rings. The number of aromatic nitrogens is 1. The lowest BCUT2D eigenvalue weighted by Crippen LogP contribution is -2.51. The van der Waals surface area contributed by atoms with Crippen molar-refractivity contribution in [3.8, 4) is 11.5 Å². The van der Waals surface area contributed by atoms with Gasteiger partial charge in [0.05, 0.1) is 31.6 Å². The summed E-state index contributed by atoms with van der Waals surface area (Å²) in [7, 11) is 3.46. The van der Waals surface area contributed by atoms with Crippen LogP contribution >= 0.6 is 24.0 Å². The van der Waals surface area contributed by atoms with Crippen molar-refractivity contribution in [3.05, 3.63) is 42.3 Å². The Labute approximate surface area is 170 Å². The third-order valence-electron chi connectivity index (χ3n) is 4.00. The second-order valence-corrected chi connectivity index (χ2v) is 5.80. The van der Waals surface area contributed by atoms with Gasteiger partial charge in [-0.05, 0) is 12.1 Å². The summed E-state index contributed by atoms with van der Waals surface area (Å²) in [5.41, 5.74) is 1.80. The van der Waals surface area contributed by atoms with Crippen molar-refractivity contribution in [1.29, 1.82) is 0 Å². The summed E-state index contributed by atoms with van der Waals surface area (Å²) in [4.78, 5) is 11.1. The zero-order valence-corrected chi connectivity index (χ0v) is 17.4. The Bertz CT molecular complexity index is 691. The van der Waals surface area contributed by atoms with Gasteiger partial charge in [-0.2, -0.15) is 0 Å². The molecule has 0 saturated carbocycles. The Hall–Kier alpha value is -1.65. The summed E-state index contributed by atoms with van der Waals surface area (Å²) < 4.78 is 16.4. The molecule has 1 unspecified atom stereocenters.